The van der Waals surface area contributed by atoms with E-state index >= 15 is 0 Å². The van der Waals surface area contributed by atoms with Crippen molar-refractivity contribution in [3.63, 3.8) is 0 Å². The summed E-state index contributed by atoms with van der Waals surface area (Å²) < 4.78 is 42.7. The second kappa shape index (κ2) is 6.95. The van der Waals surface area contributed by atoms with Crippen molar-refractivity contribution in [1.82, 2.24) is 4.98 Å². The van der Waals surface area contributed by atoms with Crippen molar-refractivity contribution in [2.24, 2.45) is 0 Å². The SMILES string of the molecule is FC(F)(F)c1ccccc1-c1c2c(nc3c1C(Cl)(Cl)OC3(Cl)Cl)C(Cl)(Cl)OC2(Cl)Cl. The lowest BCUT2D eigenvalue weighted by Crippen LogP contribution is -2.17. The molecule has 30 heavy (non-hydrogen) atoms. The minimum absolute atomic E-state index is 0.313. The molecule has 0 N–H and O–H groups in total. The minimum Gasteiger partial charge on any atom is -0.301 e. The molecule has 4 rings (SSSR count). The number of halogens is 11. The molecule has 0 radical (unpaired) electrons. The molecule has 0 spiro atoms. The summed E-state index contributed by atoms with van der Waals surface area (Å²) in [4.78, 5) is 4.11. The highest BCUT2D eigenvalue weighted by Gasteiger charge is 2.61. The molecular weight excluding hydrogens is 579 g/mol. The van der Waals surface area contributed by atoms with E-state index in [-0.39, 0.29) is 28.1 Å². The Labute approximate surface area is 207 Å². The molecule has 1 aromatic carbocycles. The predicted molar refractivity (Wildman–Crippen MR) is 110 cm³/mol. The highest BCUT2D eigenvalue weighted by atomic mass is 35.5. The Hall–Kier alpha value is 0.400. The topological polar surface area (TPSA) is 31.4 Å². The van der Waals surface area contributed by atoms with Crippen molar-refractivity contribution in [3.05, 3.63) is 52.3 Å². The van der Waals surface area contributed by atoms with Crippen LogP contribution in [0.5, 0.6) is 0 Å². The van der Waals surface area contributed by atoms with Crippen molar-refractivity contribution >= 4 is 92.8 Å². The number of aromatic nitrogens is 1. The van der Waals surface area contributed by atoms with Gasteiger partial charge in [0.2, 0.25) is 9.04 Å². The summed E-state index contributed by atoms with van der Waals surface area (Å²) in [6, 6.07) is 4.49. The fourth-order valence-electron chi connectivity index (χ4n) is 3.31. The van der Waals surface area contributed by atoms with Crippen LogP contribution in [0.15, 0.2) is 24.3 Å². The molecule has 0 saturated heterocycles. The first-order valence-electron chi connectivity index (χ1n) is 7.67. The molecule has 14 heteroatoms. The van der Waals surface area contributed by atoms with E-state index in [9.17, 15) is 13.2 Å². The second-order valence-electron chi connectivity index (χ2n) is 6.25. The van der Waals surface area contributed by atoms with E-state index in [2.05, 4.69) is 4.98 Å². The van der Waals surface area contributed by atoms with Gasteiger partial charge in [-0.15, -0.1) is 0 Å². The Balaban J connectivity index is 2.24. The lowest BCUT2D eigenvalue weighted by atomic mass is 9.90. The first-order chi connectivity index (χ1) is 13.5. The molecule has 2 aromatic rings. The molecule has 1 aromatic heterocycles. The molecule has 0 aliphatic carbocycles. The maximum absolute atomic E-state index is 13.8. The number of hydrogen-bond donors (Lipinski definition) is 0. The van der Waals surface area contributed by atoms with Gasteiger partial charge in [-0.2, -0.15) is 13.2 Å². The lowest BCUT2D eigenvalue weighted by Gasteiger charge is -2.24. The zero-order chi connectivity index (χ0) is 22.5. The maximum atomic E-state index is 13.8. The standard InChI is InChI=1S/C16H4Cl8F3NO2/c17-12(18)8-7(5-3-1-2-4-6(5)16(25,26)27)9-11(15(23,24)30-13(9,19)20)28-10(8)14(21,22)29-12/h1-4H. The van der Waals surface area contributed by atoms with E-state index in [4.69, 9.17) is 102 Å². The largest absolute Gasteiger partial charge is 0.417 e. The Morgan fingerprint density at radius 2 is 1.13 bits per heavy atom. The molecule has 3 heterocycles. The number of hydrogen-bond acceptors (Lipinski definition) is 3. The van der Waals surface area contributed by atoms with Gasteiger partial charge >= 0.3 is 6.18 Å². The second-order valence-corrected chi connectivity index (χ2v) is 11.3. The molecule has 2 aliphatic rings. The Morgan fingerprint density at radius 3 is 1.57 bits per heavy atom. The third-order valence-corrected chi connectivity index (χ3v) is 6.43. The minimum atomic E-state index is -4.79. The van der Waals surface area contributed by atoms with Crippen LogP contribution in [0.4, 0.5) is 13.2 Å². The van der Waals surface area contributed by atoms with Crippen LogP contribution < -0.4 is 0 Å². The monoisotopic (exact) mass is 579 g/mol. The molecule has 0 saturated carbocycles. The average Bonchev–Trinajstić information content (AvgIpc) is 2.87. The van der Waals surface area contributed by atoms with E-state index in [1.54, 1.807) is 0 Å². The van der Waals surface area contributed by atoms with Gasteiger partial charge in [0.15, 0.2) is 0 Å². The Bertz CT molecular complexity index is 1020. The van der Waals surface area contributed by atoms with Crippen LogP contribution in [-0.4, -0.2) is 4.98 Å². The van der Waals surface area contributed by atoms with E-state index in [1.807, 2.05) is 0 Å². The first-order valence-corrected chi connectivity index (χ1v) is 10.7. The highest BCUT2D eigenvalue weighted by Crippen LogP contribution is 2.65. The molecule has 3 nitrogen and oxygen atoms in total. The number of ether oxygens (including phenoxy) is 2. The number of fused-ring (bicyclic) bond motifs is 2. The zero-order valence-corrected chi connectivity index (χ0v) is 19.8. The predicted octanol–water partition coefficient (Wildman–Crippen LogP) is 8.18. The third-order valence-electron chi connectivity index (χ3n) is 4.35. The molecular formula is C16H4Cl8F3NO2. The van der Waals surface area contributed by atoms with Crippen LogP contribution in [0.3, 0.4) is 0 Å². The van der Waals surface area contributed by atoms with Crippen molar-refractivity contribution in [2.45, 2.75) is 24.3 Å². The maximum Gasteiger partial charge on any atom is 0.417 e. The molecule has 0 amide bonds. The summed E-state index contributed by atoms with van der Waals surface area (Å²) in [6.45, 7) is 0. The van der Waals surface area contributed by atoms with Gasteiger partial charge in [0.25, 0.3) is 9.04 Å². The average molecular weight is 583 g/mol. The van der Waals surface area contributed by atoms with Gasteiger partial charge in [0.05, 0.1) is 16.7 Å². The van der Waals surface area contributed by atoms with Gasteiger partial charge in [-0.05, 0) is 11.6 Å². The number of pyridine rings is 1. The molecule has 0 fully saturated rings. The number of alkyl halides is 11. The fourth-order valence-corrected chi connectivity index (χ4v) is 5.84. The molecule has 2 aliphatic heterocycles. The normalized spacial score (nSPS) is 22.6. The number of benzene rings is 1. The fraction of sp³-hybridized carbons (Fsp3) is 0.312. The van der Waals surface area contributed by atoms with E-state index in [0.717, 1.165) is 12.1 Å². The van der Waals surface area contributed by atoms with Crippen LogP contribution in [0.2, 0.25) is 0 Å². The van der Waals surface area contributed by atoms with Crippen LogP contribution in [0, 0.1) is 0 Å². The Morgan fingerprint density at radius 1 is 0.700 bits per heavy atom. The van der Waals surface area contributed by atoms with E-state index in [1.165, 1.54) is 12.1 Å². The van der Waals surface area contributed by atoms with Crippen LogP contribution in [-0.2, 0) is 33.7 Å². The molecule has 0 bridgehead atoms. The van der Waals surface area contributed by atoms with Gasteiger partial charge < -0.3 is 9.47 Å². The van der Waals surface area contributed by atoms with Gasteiger partial charge in [0.1, 0.15) is 11.4 Å². The summed E-state index contributed by atoms with van der Waals surface area (Å²) >= 11 is 49.5. The van der Waals surface area contributed by atoms with Gasteiger partial charge in [-0.1, -0.05) is 111 Å². The summed E-state index contributed by atoms with van der Waals surface area (Å²) in [7, 11) is 0. The molecule has 162 valence electrons. The number of rotatable bonds is 1. The van der Waals surface area contributed by atoms with Crippen molar-refractivity contribution in [1.29, 1.82) is 0 Å². The smallest absolute Gasteiger partial charge is 0.301 e. The van der Waals surface area contributed by atoms with Crippen LogP contribution >= 0.6 is 92.8 Å². The number of nitrogens with zero attached hydrogens (tertiary/aromatic N) is 1. The molecule has 0 atom stereocenters. The lowest BCUT2D eigenvalue weighted by molar-refractivity contribution is -0.137. The quantitative estimate of drug-likeness (QED) is 0.318. The highest BCUT2D eigenvalue weighted by molar-refractivity contribution is 6.54. The van der Waals surface area contributed by atoms with E-state index < -0.39 is 35.4 Å². The van der Waals surface area contributed by atoms with E-state index in [0.29, 0.717) is 0 Å². The van der Waals surface area contributed by atoms with Crippen molar-refractivity contribution < 1.29 is 22.6 Å². The summed E-state index contributed by atoms with van der Waals surface area (Å²) in [5.41, 5.74) is -3.15. The first kappa shape index (κ1) is 23.6. The molecule has 0 unspecified atom stereocenters. The van der Waals surface area contributed by atoms with Gasteiger partial charge in [-0.25, -0.2) is 4.98 Å². The Kier molecular flexibility index (Phi) is 5.46. The summed E-state index contributed by atoms with van der Waals surface area (Å²) in [6.07, 6.45) is -4.79. The van der Waals surface area contributed by atoms with Crippen molar-refractivity contribution in [3.8, 4) is 11.1 Å². The van der Waals surface area contributed by atoms with Crippen LogP contribution in [0.1, 0.15) is 28.1 Å². The summed E-state index contributed by atoms with van der Waals surface area (Å²) in [5, 5.41) is 0. The van der Waals surface area contributed by atoms with Crippen LogP contribution in [0.25, 0.3) is 11.1 Å². The van der Waals surface area contributed by atoms with Gasteiger partial charge in [-0.3, -0.25) is 0 Å². The van der Waals surface area contributed by atoms with Gasteiger partial charge in [0, 0.05) is 5.56 Å². The summed E-state index contributed by atoms with van der Waals surface area (Å²) in [5.74, 6) is 0. The van der Waals surface area contributed by atoms with Crippen molar-refractivity contribution in [2.75, 3.05) is 0 Å². The zero-order valence-electron chi connectivity index (χ0n) is 13.7. The third kappa shape index (κ3) is 3.56.